The molecule has 0 spiro atoms. The number of aryl methyl sites for hydroxylation is 1. The molecule has 7 heteroatoms. The minimum absolute atomic E-state index is 0.109. The largest absolute Gasteiger partial charge is 0.496 e. The van der Waals surface area contributed by atoms with E-state index in [0.29, 0.717) is 29.1 Å². The average molecular weight is 509 g/mol. The summed E-state index contributed by atoms with van der Waals surface area (Å²) >= 11 is 0. The molecule has 0 bridgehead atoms. The SMILES string of the molecule is COc1ccc(C(C)(C)C)cc1C(=O)Nc1cnc(C)c(-c2ccc(C(=O)NCc3cccnc3)cc2)c1. The molecule has 0 aliphatic carbocycles. The molecule has 0 saturated heterocycles. The van der Waals surface area contributed by atoms with Gasteiger partial charge in [0.1, 0.15) is 5.75 Å². The number of rotatable bonds is 7. The highest BCUT2D eigenvalue weighted by Crippen LogP contribution is 2.30. The van der Waals surface area contributed by atoms with Crippen LogP contribution < -0.4 is 15.4 Å². The number of benzene rings is 2. The average Bonchev–Trinajstić information content (AvgIpc) is 2.92. The highest BCUT2D eigenvalue weighted by molar-refractivity contribution is 6.06. The Morgan fingerprint density at radius 1 is 0.947 bits per heavy atom. The van der Waals surface area contributed by atoms with Crippen LogP contribution in [0.15, 0.2) is 79.3 Å². The maximum Gasteiger partial charge on any atom is 0.259 e. The van der Waals surface area contributed by atoms with Gasteiger partial charge in [0, 0.05) is 35.8 Å². The van der Waals surface area contributed by atoms with E-state index in [2.05, 4.69) is 41.4 Å². The highest BCUT2D eigenvalue weighted by Gasteiger charge is 2.20. The number of anilines is 1. The van der Waals surface area contributed by atoms with Crippen LogP contribution in [0.5, 0.6) is 5.75 Å². The van der Waals surface area contributed by atoms with Gasteiger partial charge in [-0.1, -0.05) is 45.0 Å². The first-order valence-electron chi connectivity index (χ1n) is 12.4. The first-order chi connectivity index (χ1) is 18.2. The lowest BCUT2D eigenvalue weighted by molar-refractivity contribution is 0.0950. The van der Waals surface area contributed by atoms with Crippen molar-refractivity contribution in [3.63, 3.8) is 0 Å². The number of amides is 2. The highest BCUT2D eigenvalue weighted by atomic mass is 16.5. The van der Waals surface area contributed by atoms with Crippen LogP contribution in [-0.2, 0) is 12.0 Å². The maximum absolute atomic E-state index is 13.2. The Hall–Kier alpha value is -4.52. The van der Waals surface area contributed by atoms with Gasteiger partial charge in [0.25, 0.3) is 11.8 Å². The number of carbonyl (C=O) groups excluding carboxylic acids is 2. The predicted octanol–water partition coefficient (Wildman–Crippen LogP) is 5.94. The number of methoxy groups -OCH3 is 1. The number of aromatic nitrogens is 2. The summed E-state index contributed by atoms with van der Waals surface area (Å²) < 4.78 is 5.44. The molecule has 38 heavy (non-hydrogen) atoms. The summed E-state index contributed by atoms with van der Waals surface area (Å²) in [7, 11) is 1.55. The molecule has 0 radical (unpaired) electrons. The van der Waals surface area contributed by atoms with Gasteiger partial charge in [-0.25, -0.2) is 0 Å². The lowest BCUT2D eigenvalue weighted by Crippen LogP contribution is -2.22. The van der Waals surface area contributed by atoms with Crippen molar-refractivity contribution in [2.75, 3.05) is 12.4 Å². The molecule has 2 aromatic carbocycles. The van der Waals surface area contributed by atoms with E-state index in [1.807, 2.05) is 55.5 Å². The molecule has 0 aliphatic rings. The molecule has 0 aliphatic heterocycles. The third-order valence-electron chi connectivity index (χ3n) is 6.29. The molecule has 194 valence electrons. The molecule has 2 heterocycles. The summed E-state index contributed by atoms with van der Waals surface area (Å²) in [6, 6.07) is 18.6. The van der Waals surface area contributed by atoms with Crippen LogP contribution in [0.25, 0.3) is 11.1 Å². The topological polar surface area (TPSA) is 93.2 Å². The standard InChI is InChI=1S/C31H32N4O3/c1-20-26(22-8-10-23(11-9-22)29(36)34-18-21-7-6-14-32-17-21)16-25(19-33-20)35-30(37)27-15-24(31(2,3)4)12-13-28(27)38-5/h6-17,19H,18H2,1-5H3,(H,34,36)(H,35,37). The van der Waals surface area contributed by atoms with Gasteiger partial charge in [-0.05, 0) is 65.4 Å². The molecule has 0 fully saturated rings. The third kappa shape index (κ3) is 6.24. The minimum atomic E-state index is -0.273. The molecule has 0 unspecified atom stereocenters. The zero-order valence-electron chi connectivity index (χ0n) is 22.3. The Morgan fingerprint density at radius 3 is 2.37 bits per heavy atom. The van der Waals surface area contributed by atoms with E-state index < -0.39 is 0 Å². The van der Waals surface area contributed by atoms with Crippen LogP contribution in [-0.4, -0.2) is 28.9 Å². The van der Waals surface area contributed by atoms with Gasteiger partial charge in [0.05, 0.1) is 24.6 Å². The van der Waals surface area contributed by atoms with E-state index in [4.69, 9.17) is 4.74 Å². The molecule has 2 aromatic heterocycles. The van der Waals surface area contributed by atoms with E-state index >= 15 is 0 Å². The molecule has 4 rings (SSSR count). The first-order valence-corrected chi connectivity index (χ1v) is 12.4. The third-order valence-corrected chi connectivity index (χ3v) is 6.29. The first kappa shape index (κ1) is 26.5. The van der Waals surface area contributed by atoms with E-state index in [1.54, 1.807) is 37.8 Å². The zero-order chi connectivity index (χ0) is 27.3. The minimum Gasteiger partial charge on any atom is -0.496 e. The van der Waals surface area contributed by atoms with Gasteiger partial charge < -0.3 is 15.4 Å². The Bertz CT molecular complexity index is 1440. The monoisotopic (exact) mass is 508 g/mol. The number of ether oxygens (including phenoxy) is 1. The predicted molar refractivity (Wildman–Crippen MR) is 149 cm³/mol. The Labute approximate surface area is 223 Å². The van der Waals surface area contributed by atoms with Gasteiger partial charge in [-0.15, -0.1) is 0 Å². The van der Waals surface area contributed by atoms with Gasteiger partial charge in [0.15, 0.2) is 0 Å². The number of nitrogens with zero attached hydrogens (tertiary/aromatic N) is 2. The van der Waals surface area contributed by atoms with Crippen LogP contribution in [0.4, 0.5) is 5.69 Å². The fourth-order valence-corrected chi connectivity index (χ4v) is 4.03. The summed E-state index contributed by atoms with van der Waals surface area (Å²) in [5.41, 5.74) is 6.00. The Kier molecular flexibility index (Phi) is 7.86. The van der Waals surface area contributed by atoms with Crippen molar-refractivity contribution >= 4 is 17.5 Å². The van der Waals surface area contributed by atoms with Crippen LogP contribution in [0.3, 0.4) is 0 Å². The van der Waals surface area contributed by atoms with Crippen molar-refractivity contribution < 1.29 is 14.3 Å². The summed E-state index contributed by atoms with van der Waals surface area (Å²) in [6.07, 6.45) is 5.06. The van der Waals surface area contributed by atoms with Gasteiger partial charge in [0.2, 0.25) is 0 Å². The molecule has 7 nitrogen and oxygen atoms in total. The number of hydrogen-bond donors (Lipinski definition) is 2. The second kappa shape index (κ2) is 11.3. The van der Waals surface area contributed by atoms with Gasteiger partial charge in [-0.2, -0.15) is 0 Å². The van der Waals surface area contributed by atoms with Crippen LogP contribution in [0.2, 0.25) is 0 Å². The zero-order valence-corrected chi connectivity index (χ0v) is 22.3. The van der Waals surface area contributed by atoms with Gasteiger partial charge in [-0.3, -0.25) is 19.6 Å². The lowest BCUT2D eigenvalue weighted by atomic mass is 9.86. The maximum atomic E-state index is 13.2. The number of carbonyl (C=O) groups is 2. The van der Waals surface area contributed by atoms with E-state index in [0.717, 1.165) is 27.9 Å². The Balaban J connectivity index is 1.51. The summed E-state index contributed by atoms with van der Waals surface area (Å²) in [5, 5.41) is 5.87. The number of nitrogens with one attached hydrogen (secondary N) is 2. The fraction of sp³-hybridized carbons (Fsp3) is 0.226. The molecule has 2 N–H and O–H groups in total. The number of hydrogen-bond acceptors (Lipinski definition) is 5. The molecular formula is C31H32N4O3. The summed E-state index contributed by atoms with van der Waals surface area (Å²) in [5.74, 6) is 0.0704. The van der Waals surface area contributed by atoms with Crippen molar-refractivity contribution in [3.8, 4) is 16.9 Å². The van der Waals surface area contributed by atoms with Crippen molar-refractivity contribution in [3.05, 3.63) is 107 Å². The molecular weight excluding hydrogens is 476 g/mol. The molecule has 0 atom stereocenters. The number of pyridine rings is 2. The second-order valence-electron chi connectivity index (χ2n) is 10.1. The van der Waals surface area contributed by atoms with Crippen molar-refractivity contribution in [1.29, 1.82) is 0 Å². The van der Waals surface area contributed by atoms with E-state index in [9.17, 15) is 9.59 Å². The normalized spacial score (nSPS) is 11.1. The fourth-order valence-electron chi connectivity index (χ4n) is 4.03. The quantitative estimate of drug-likeness (QED) is 0.322. The second-order valence-corrected chi connectivity index (χ2v) is 10.1. The van der Waals surface area contributed by atoms with Crippen molar-refractivity contribution in [1.82, 2.24) is 15.3 Å². The van der Waals surface area contributed by atoms with Gasteiger partial charge >= 0.3 is 0 Å². The summed E-state index contributed by atoms with van der Waals surface area (Å²) in [4.78, 5) is 34.4. The van der Waals surface area contributed by atoms with Crippen molar-refractivity contribution in [2.24, 2.45) is 0 Å². The molecule has 4 aromatic rings. The Morgan fingerprint density at radius 2 is 1.71 bits per heavy atom. The van der Waals surface area contributed by atoms with E-state index in [1.165, 1.54) is 0 Å². The molecule has 0 saturated carbocycles. The van der Waals surface area contributed by atoms with E-state index in [-0.39, 0.29) is 17.2 Å². The summed E-state index contributed by atoms with van der Waals surface area (Å²) in [6.45, 7) is 8.61. The smallest absolute Gasteiger partial charge is 0.259 e. The van der Waals surface area contributed by atoms with Crippen LogP contribution >= 0.6 is 0 Å². The van der Waals surface area contributed by atoms with Crippen LogP contribution in [0, 0.1) is 6.92 Å². The van der Waals surface area contributed by atoms with Crippen LogP contribution in [0.1, 0.15) is 58.3 Å². The molecule has 2 amide bonds. The van der Waals surface area contributed by atoms with Crippen molar-refractivity contribution in [2.45, 2.75) is 39.7 Å². The lowest BCUT2D eigenvalue weighted by Gasteiger charge is -2.21.